The normalized spacial score (nSPS) is 19.4. The number of hydrogen-bond donors (Lipinski definition) is 0. The van der Waals surface area contributed by atoms with Crippen molar-refractivity contribution in [2.45, 2.75) is 52.1 Å². The molecule has 1 aromatic carbocycles. The summed E-state index contributed by atoms with van der Waals surface area (Å²) in [4.78, 5) is 13.4. The first kappa shape index (κ1) is 17.9. The van der Waals surface area contributed by atoms with Crippen LogP contribution in [0.2, 0.25) is 0 Å². The van der Waals surface area contributed by atoms with Gasteiger partial charge in [-0.2, -0.15) is 5.26 Å². The van der Waals surface area contributed by atoms with E-state index < -0.39 is 5.60 Å². The minimum Gasteiger partial charge on any atom is -0.466 e. The minimum absolute atomic E-state index is 0.224. The zero-order valence-electron chi connectivity index (χ0n) is 15.0. The van der Waals surface area contributed by atoms with Gasteiger partial charge in [0, 0.05) is 15.0 Å². The number of carbonyl (C=O) groups excluding carboxylic acids is 1. The van der Waals surface area contributed by atoms with Crippen molar-refractivity contribution in [3.05, 3.63) is 33.7 Å². The van der Waals surface area contributed by atoms with Crippen LogP contribution in [-0.4, -0.2) is 19.2 Å². The van der Waals surface area contributed by atoms with E-state index in [0.29, 0.717) is 18.8 Å². The molecule has 0 amide bonds. The first-order chi connectivity index (χ1) is 12.1. The van der Waals surface area contributed by atoms with Crippen LogP contribution in [0.15, 0.2) is 12.1 Å². The molecule has 0 saturated heterocycles. The molecule has 1 unspecified atom stereocenters. The molecule has 1 aromatic heterocycles. The van der Waals surface area contributed by atoms with Gasteiger partial charge < -0.3 is 9.47 Å². The van der Waals surface area contributed by atoms with Crippen LogP contribution in [0.3, 0.4) is 0 Å². The first-order valence-corrected chi connectivity index (χ1v) is 9.63. The Balaban J connectivity index is 2.20. The Morgan fingerprint density at radius 2 is 2.24 bits per heavy atom. The molecule has 4 nitrogen and oxygen atoms in total. The Bertz CT molecular complexity index is 849. The third-order valence-electron chi connectivity index (χ3n) is 4.79. The highest BCUT2D eigenvalue weighted by atomic mass is 32.1. The van der Waals surface area contributed by atoms with E-state index in [2.05, 4.69) is 19.9 Å². The summed E-state index contributed by atoms with van der Waals surface area (Å²) in [5.41, 5.74) is 2.43. The van der Waals surface area contributed by atoms with Crippen molar-refractivity contribution in [3.8, 4) is 6.07 Å². The first-order valence-electron chi connectivity index (χ1n) is 8.81. The van der Waals surface area contributed by atoms with E-state index >= 15 is 0 Å². The van der Waals surface area contributed by atoms with Gasteiger partial charge in [-0.05, 0) is 43.9 Å². The maximum absolute atomic E-state index is 12.3. The molecule has 1 aliphatic rings. The molecule has 1 atom stereocenters. The zero-order valence-corrected chi connectivity index (χ0v) is 15.8. The summed E-state index contributed by atoms with van der Waals surface area (Å²) in [5.74, 6) is -0.224. The molecular formula is C20H23NO3S. The molecule has 132 valence electrons. The largest absolute Gasteiger partial charge is 0.466 e. The van der Waals surface area contributed by atoms with Crippen molar-refractivity contribution in [2.75, 3.05) is 13.2 Å². The molecule has 0 N–H and O–H groups in total. The fourth-order valence-electron chi connectivity index (χ4n) is 3.76. The number of ether oxygens (including phenoxy) is 2. The summed E-state index contributed by atoms with van der Waals surface area (Å²) in [6.07, 6.45) is 2.70. The van der Waals surface area contributed by atoms with Crippen LogP contribution in [-0.2, 0) is 26.3 Å². The molecular weight excluding hydrogens is 334 g/mol. The second kappa shape index (κ2) is 7.15. The number of aryl methyl sites for hydroxylation is 1. The molecule has 1 aliphatic heterocycles. The van der Waals surface area contributed by atoms with E-state index in [1.165, 1.54) is 5.56 Å². The Morgan fingerprint density at radius 3 is 2.92 bits per heavy atom. The van der Waals surface area contributed by atoms with Crippen LogP contribution in [0.1, 0.15) is 54.7 Å². The van der Waals surface area contributed by atoms with Gasteiger partial charge >= 0.3 is 5.97 Å². The Morgan fingerprint density at radius 1 is 1.44 bits per heavy atom. The second-order valence-corrected chi connectivity index (χ2v) is 7.50. The van der Waals surface area contributed by atoms with E-state index in [-0.39, 0.29) is 12.4 Å². The Labute approximate surface area is 152 Å². The fraction of sp³-hybridized carbons (Fsp3) is 0.500. The molecule has 5 heteroatoms. The summed E-state index contributed by atoms with van der Waals surface area (Å²) in [5, 5.41) is 10.6. The number of nitrogens with zero attached hydrogens (tertiary/aromatic N) is 1. The van der Waals surface area contributed by atoms with Gasteiger partial charge in [-0.25, -0.2) is 0 Å². The van der Waals surface area contributed by atoms with E-state index in [4.69, 9.17) is 9.47 Å². The van der Waals surface area contributed by atoms with E-state index in [1.54, 1.807) is 11.3 Å². The van der Waals surface area contributed by atoms with E-state index in [1.807, 2.05) is 19.1 Å². The number of esters is 1. The molecule has 2 aromatic rings. The predicted molar refractivity (Wildman–Crippen MR) is 98.8 cm³/mol. The molecule has 2 heterocycles. The summed E-state index contributed by atoms with van der Waals surface area (Å²) >= 11 is 1.68. The van der Waals surface area contributed by atoms with E-state index in [9.17, 15) is 10.1 Å². The number of benzene rings is 1. The van der Waals surface area contributed by atoms with Gasteiger partial charge in [0.2, 0.25) is 0 Å². The summed E-state index contributed by atoms with van der Waals surface area (Å²) in [7, 11) is 0. The standard InChI is InChI=1S/C20H23NO3S/c1-4-9-20(11-16(22)23-5-2)19-15(8-10-24-20)17-14(12-21)7-6-13(3)18(17)25-19/h6-7H,4-5,8-11H2,1-3H3. The minimum atomic E-state index is -0.628. The van der Waals surface area contributed by atoms with Gasteiger partial charge in [0.1, 0.15) is 5.60 Å². The molecule has 0 radical (unpaired) electrons. The molecule has 0 saturated carbocycles. The summed E-state index contributed by atoms with van der Waals surface area (Å²) in [6.45, 7) is 6.93. The summed E-state index contributed by atoms with van der Waals surface area (Å²) < 4.78 is 12.6. The van der Waals surface area contributed by atoms with Crippen LogP contribution in [0.25, 0.3) is 10.1 Å². The number of rotatable bonds is 5. The van der Waals surface area contributed by atoms with Crippen LogP contribution in [0.5, 0.6) is 0 Å². The van der Waals surface area contributed by atoms with Crippen molar-refractivity contribution in [1.82, 2.24) is 0 Å². The highest BCUT2D eigenvalue weighted by Gasteiger charge is 2.42. The maximum Gasteiger partial charge on any atom is 0.309 e. The quantitative estimate of drug-likeness (QED) is 0.734. The van der Waals surface area contributed by atoms with Crippen molar-refractivity contribution in [3.63, 3.8) is 0 Å². The second-order valence-electron chi connectivity index (χ2n) is 6.48. The fourth-order valence-corrected chi connectivity index (χ4v) is 5.28. The van der Waals surface area contributed by atoms with E-state index in [0.717, 1.165) is 39.8 Å². The third kappa shape index (κ3) is 3.05. The SMILES string of the molecule is CCCC1(CC(=O)OCC)OCCc2c1sc1c(C)ccc(C#N)c21. The number of hydrogen-bond acceptors (Lipinski definition) is 5. The van der Waals surface area contributed by atoms with Crippen molar-refractivity contribution < 1.29 is 14.3 Å². The highest BCUT2D eigenvalue weighted by molar-refractivity contribution is 7.19. The van der Waals surface area contributed by atoms with Gasteiger partial charge in [-0.15, -0.1) is 11.3 Å². The topological polar surface area (TPSA) is 59.3 Å². The molecule has 0 bridgehead atoms. The molecule has 3 rings (SSSR count). The predicted octanol–water partition coefficient (Wildman–Crippen LogP) is 4.60. The number of fused-ring (bicyclic) bond motifs is 3. The molecule has 0 aliphatic carbocycles. The monoisotopic (exact) mass is 357 g/mol. The molecule has 25 heavy (non-hydrogen) atoms. The van der Waals surface area contributed by atoms with Gasteiger partial charge in [-0.1, -0.05) is 19.4 Å². The number of carbonyl (C=O) groups is 1. The van der Waals surface area contributed by atoms with Gasteiger partial charge in [0.15, 0.2) is 0 Å². The average molecular weight is 357 g/mol. The lowest BCUT2D eigenvalue weighted by Gasteiger charge is -2.36. The van der Waals surface area contributed by atoms with Crippen molar-refractivity contribution >= 4 is 27.4 Å². The zero-order chi connectivity index (χ0) is 18.0. The average Bonchev–Trinajstić information content (AvgIpc) is 2.98. The lowest BCUT2D eigenvalue weighted by Crippen LogP contribution is -2.37. The number of thiophene rings is 1. The lowest BCUT2D eigenvalue weighted by atomic mass is 9.85. The van der Waals surface area contributed by atoms with Crippen LogP contribution in [0.4, 0.5) is 0 Å². The number of nitriles is 1. The maximum atomic E-state index is 12.3. The van der Waals surface area contributed by atoms with Gasteiger partial charge in [0.05, 0.1) is 31.3 Å². The lowest BCUT2D eigenvalue weighted by molar-refractivity contribution is -0.154. The van der Waals surface area contributed by atoms with Crippen molar-refractivity contribution in [1.29, 1.82) is 5.26 Å². The van der Waals surface area contributed by atoms with Crippen molar-refractivity contribution in [2.24, 2.45) is 0 Å². The highest BCUT2D eigenvalue weighted by Crippen LogP contribution is 2.48. The van der Waals surface area contributed by atoms with Crippen LogP contribution in [0, 0.1) is 18.3 Å². The van der Waals surface area contributed by atoms with Crippen LogP contribution < -0.4 is 0 Å². The third-order valence-corrected chi connectivity index (χ3v) is 6.34. The van der Waals surface area contributed by atoms with Crippen LogP contribution >= 0.6 is 11.3 Å². The Kier molecular flexibility index (Phi) is 5.12. The van der Waals surface area contributed by atoms with Gasteiger partial charge in [0.25, 0.3) is 0 Å². The van der Waals surface area contributed by atoms with Gasteiger partial charge in [-0.3, -0.25) is 4.79 Å². The smallest absolute Gasteiger partial charge is 0.309 e. The molecule has 0 fully saturated rings. The molecule has 0 spiro atoms. The Hall–Kier alpha value is -1.90. The summed E-state index contributed by atoms with van der Waals surface area (Å²) in [6, 6.07) is 6.22.